The lowest BCUT2D eigenvalue weighted by atomic mass is 9.94. The Bertz CT molecular complexity index is 1580. The third-order valence-electron chi connectivity index (χ3n) is 9.12. The van der Waals surface area contributed by atoms with Gasteiger partial charge in [-0.2, -0.15) is 0 Å². The van der Waals surface area contributed by atoms with Gasteiger partial charge in [0.05, 0.1) is 32.5 Å². The molecule has 2 fully saturated rings. The van der Waals surface area contributed by atoms with Crippen molar-refractivity contribution in [1.29, 1.82) is 0 Å². The number of rotatable bonds is 22. The molecular formula is C37H48ClN3O9S. The van der Waals surface area contributed by atoms with Gasteiger partial charge >= 0.3 is 0 Å². The van der Waals surface area contributed by atoms with Crippen LogP contribution in [0, 0.1) is 0 Å². The van der Waals surface area contributed by atoms with Crippen LogP contribution in [0.15, 0.2) is 65.8 Å². The Hall–Kier alpha value is -2.82. The molecule has 14 heteroatoms. The van der Waals surface area contributed by atoms with Crippen LogP contribution in [0.2, 0.25) is 5.02 Å². The maximum absolute atomic E-state index is 13.1. The lowest BCUT2D eigenvalue weighted by Crippen LogP contribution is -2.53. The molecule has 4 atom stereocenters. The van der Waals surface area contributed by atoms with Crippen LogP contribution in [-0.2, 0) is 21.6 Å². The minimum Gasteiger partial charge on any atom is -0.490 e. The average molecular weight is 746 g/mol. The topological polar surface area (TPSA) is 185 Å². The molecule has 0 spiro atoms. The summed E-state index contributed by atoms with van der Waals surface area (Å²) in [5, 5.41) is 62.8. The van der Waals surface area contributed by atoms with Crippen molar-refractivity contribution in [3.05, 3.63) is 77.1 Å². The van der Waals surface area contributed by atoms with Crippen molar-refractivity contribution in [3.8, 4) is 16.9 Å². The summed E-state index contributed by atoms with van der Waals surface area (Å²) in [5.74, 6) is 0.656. The van der Waals surface area contributed by atoms with Crippen molar-refractivity contribution in [1.82, 2.24) is 15.2 Å². The fourth-order valence-electron chi connectivity index (χ4n) is 5.85. The van der Waals surface area contributed by atoms with E-state index in [2.05, 4.69) is 28.5 Å². The number of nitrogens with one attached hydrogen (secondary N) is 1. The molecule has 1 heterocycles. The van der Waals surface area contributed by atoms with Gasteiger partial charge in [-0.15, -0.1) is 11.8 Å². The molecule has 3 aromatic rings. The van der Waals surface area contributed by atoms with Crippen LogP contribution < -0.4 is 10.1 Å². The SMILES string of the molecule is O=C([C@@H](O)[C@@H](O)[C@H](O)[C@@H](O)CO)N(CCCSc1ccc(Cl)c(CNC2(c3cnccc3-c3ccccc3OC3CC3)CC2)c1)CCOCCO. The smallest absolute Gasteiger partial charge is 0.254 e. The molecule has 1 aromatic heterocycles. The van der Waals surface area contributed by atoms with Crippen LogP contribution in [0.3, 0.4) is 0 Å². The van der Waals surface area contributed by atoms with Gasteiger partial charge in [0.25, 0.3) is 5.91 Å². The van der Waals surface area contributed by atoms with Gasteiger partial charge in [-0.1, -0.05) is 29.8 Å². The van der Waals surface area contributed by atoms with Crippen LogP contribution >= 0.6 is 23.4 Å². The number of aliphatic hydroxyl groups excluding tert-OH is 6. The van der Waals surface area contributed by atoms with Crippen molar-refractivity contribution >= 4 is 29.3 Å². The summed E-state index contributed by atoms with van der Waals surface area (Å²) in [7, 11) is 0. The lowest BCUT2D eigenvalue weighted by molar-refractivity contribution is -0.159. The highest BCUT2D eigenvalue weighted by Crippen LogP contribution is 2.50. The van der Waals surface area contributed by atoms with E-state index in [0.29, 0.717) is 23.7 Å². The Morgan fingerprint density at radius 1 is 1.02 bits per heavy atom. The molecule has 2 aromatic carbocycles. The monoisotopic (exact) mass is 745 g/mol. The van der Waals surface area contributed by atoms with Gasteiger partial charge in [0.1, 0.15) is 24.1 Å². The number of halogens is 1. The first-order valence-corrected chi connectivity index (χ1v) is 18.7. The van der Waals surface area contributed by atoms with Crippen LogP contribution in [-0.4, -0.2) is 122 Å². The molecular weight excluding hydrogens is 698 g/mol. The number of para-hydroxylation sites is 1. The summed E-state index contributed by atoms with van der Waals surface area (Å²) in [6.45, 7) is -0.0479. The summed E-state index contributed by atoms with van der Waals surface area (Å²) >= 11 is 8.25. The molecule has 7 N–H and O–H groups in total. The Morgan fingerprint density at radius 2 is 1.80 bits per heavy atom. The highest BCUT2D eigenvalue weighted by atomic mass is 35.5. The lowest BCUT2D eigenvalue weighted by Gasteiger charge is -2.30. The number of amides is 1. The van der Waals surface area contributed by atoms with Crippen LogP contribution in [0.25, 0.3) is 11.1 Å². The van der Waals surface area contributed by atoms with E-state index in [1.54, 1.807) is 11.8 Å². The number of aromatic nitrogens is 1. The van der Waals surface area contributed by atoms with Gasteiger partial charge < -0.3 is 50.3 Å². The Kier molecular flexibility index (Phi) is 14.5. The molecule has 2 saturated carbocycles. The van der Waals surface area contributed by atoms with Gasteiger partial charge in [-0.25, -0.2) is 0 Å². The largest absolute Gasteiger partial charge is 0.490 e. The third-order valence-corrected chi connectivity index (χ3v) is 10.6. The summed E-state index contributed by atoms with van der Waals surface area (Å²) in [6, 6.07) is 16.1. The summed E-state index contributed by atoms with van der Waals surface area (Å²) in [6.07, 6.45) is 1.01. The van der Waals surface area contributed by atoms with Gasteiger partial charge in [-0.3, -0.25) is 9.78 Å². The number of hydrogen-bond donors (Lipinski definition) is 7. The summed E-state index contributed by atoms with van der Waals surface area (Å²) < 4.78 is 11.5. The maximum atomic E-state index is 13.1. The number of hydrogen-bond acceptors (Lipinski definition) is 12. The first kappa shape index (κ1) is 39.4. The highest BCUT2D eigenvalue weighted by molar-refractivity contribution is 7.99. The van der Waals surface area contributed by atoms with Gasteiger partial charge in [0.2, 0.25) is 0 Å². The van der Waals surface area contributed by atoms with Gasteiger partial charge in [0, 0.05) is 53.0 Å². The number of carbonyl (C=O) groups is 1. The van der Waals surface area contributed by atoms with E-state index >= 15 is 0 Å². The second kappa shape index (κ2) is 18.8. The van der Waals surface area contributed by atoms with Crippen molar-refractivity contribution in [3.63, 3.8) is 0 Å². The van der Waals surface area contributed by atoms with Gasteiger partial charge in [0.15, 0.2) is 6.10 Å². The fourth-order valence-corrected chi connectivity index (χ4v) is 6.93. The second-order valence-electron chi connectivity index (χ2n) is 13.0. The van der Waals surface area contributed by atoms with E-state index in [1.165, 1.54) is 4.90 Å². The van der Waals surface area contributed by atoms with E-state index < -0.39 is 36.9 Å². The summed E-state index contributed by atoms with van der Waals surface area (Å²) in [4.78, 5) is 19.8. The molecule has 0 aliphatic heterocycles. The fraction of sp³-hybridized carbons (Fsp3) is 0.514. The van der Waals surface area contributed by atoms with E-state index in [-0.39, 0.29) is 44.6 Å². The van der Waals surface area contributed by atoms with Crippen molar-refractivity contribution < 1.29 is 44.9 Å². The molecule has 5 rings (SSSR count). The minimum absolute atomic E-state index is 0.0716. The standard InChI is InChI=1S/C37H48ClN3O9S/c38-30-9-8-26(51-19-3-14-41(15-17-49-18-16-42)36(48)35(47)34(46)33(45)31(44)23-43)20-24(30)21-40-37(11-12-37)29-22-39-13-10-27(29)28-4-1-2-5-32(28)50-25-6-7-25/h1-2,4-5,8-10,13,20,22,25,31,33-35,40,42-47H,3,6-7,11-12,14-19,21,23H2/t31-,33+,34-,35-/m0/s1. The number of benzene rings is 2. The molecule has 2 aliphatic carbocycles. The molecule has 51 heavy (non-hydrogen) atoms. The van der Waals surface area contributed by atoms with Gasteiger partial charge in [-0.05, 0) is 84.9 Å². The van der Waals surface area contributed by atoms with Crippen LogP contribution in [0.4, 0.5) is 0 Å². The molecule has 0 unspecified atom stereocenters. The number of pyridine rings is 1. The van der Waals surface area contributed by atoms with Crippen molar-refractivity contribution in [2.75, 3.05) is 45.3 Å². The van der Waals surface area contributed by atoms with E-state index in [9.17, 15) is 25.2 Å². The number of ether oxygens (including phenoxy) is 2. The number of thioether (sulfide) groups is 1. The number of carbonyl (C=O) groups excluding carboxylic acids is 1. The summed E-state index contributed by atoms with van der Waals surface area (Å²) in [5.41, 5.74) is 4.03. The molecule has 278 valence electrons. The first-order chi connectivity index (χ1) is 24.7. The first-order valence-electron chi connectivity index (χ1n) is 17.3. The van der Waals surface area contributed by atoms with E-state index in [0.717, 1.165) is 58.6 Å². The second-order valence-corrected chi connectivity index (χ2v) is 14.5. The zero-order valence-corrected chi connectivity index (χ0v) is 30.0. The van der Waals surface area contributed by atoms with E-state index in [1.807, 2.05) is 42.7 Å². The third kappa shape index (κ3) is 10.6. The molecule has 0 radical (unpaired) electrons. The van der Waals surface area contributed by atoms with Crippen molar-refractivity contribution in [2.45, 2.75) is 79.6 Å². The molecule has 1 amide bonds. The number of aliphatic hydroxyl groups is 6. The average Bonchev–Trinajstić information content (AvgIpc) is 4.10. The maximum Gasteiger partial charge on any atom is 0.254 e. The predicted molar refractivity (Wildman–Crippen MR) is 193 cm³/mol. The molecule has 12 nitrogen and oxygen atoms in total. The minimum atomic E-state index is -2.03. The van der Waals surface area contributed by atoms with Crippen LogP contribution in [0.1, 0.15) is 43.2 Å². The number of nitrogens with zero attached hydrogens (tertiary/aromatic N) is 2. The predicted octanol–water partition coefficient (Wildman–Crippen LogP) is 2.48. The molecule has 0 saturated heterocycles. The molecule has 2 aliphatic rings. The Morgan fingerprint density at radius 3 is 2.53 bits per heavy atom. The van der Waals surface area contributed by atoms with E-state index in [4.69, 9.17) is 31.3 Å². The van der Waals surface area contributed by atoms with Crippen molar-refractivity contribution in [2.24, 2.45) is 0 Å². The van der Waals surface area contributed by atoms with Crippen LogP contribution in [0.5, 0.6) is 5.75 Å². The zero-order valence-electron chi connectivity index (χ0n) is 28.4. The zero-order chi connectivity index (χ0) is 36.4. The Balaban J connectivity index is 1.19. The normalized spacial score (nSPS) is 17.4. The Labute approximate surface area is 307 Å². The quantitative estimate of drug-likeness (QED) is 0.0590. The molecule has 0 bridgehead atoms. The highest BCUT2D eigenvalue weighted by Gasteiger charge is 2.46.